The van der Waals surface area contributed by atoms with Gasteiger partial charge < -0.3 is 9.64 Å². The number of methoxy groups -OCH3 is 1. The number of rotatable bonds is 3. The summed E-state index contributed by atoms with van der Waals surface area (Å²) in [4.78, 5) is 13.4. The van der Waals surface area contributed by atoms with Crippen molar-refractivity contribution in [2.45, 2.75) is 23.8 Å². The Bertz CT molecular complexity index is 648. The van der Waals surface area contributed by atoms with E-state index in [2.05, 4.69) is 0 Å². The average molecular weight is 316 g/mol. The van der Waals surface area contributed by atoms with Crippen molar-refractivity contribution in [2.75, 3.05) is 20.2 Å². The number of likely N-dealkylation sites (tertiary alicyclic amines) is 1. The fraction of sp³-hybridized carbons (Fsp3) is 0.462. The lowest BCUT2D eigenvalue weighted by Crippen LogP contribution is -2.43. The highest BCUT2D eigenvalue weighted by Crippen LogP contribution is 2.19. The van der Waals surface area contributed by atoms with Gasteiger partial charge in [-0.1, -0.05) is 0 Å². The molecule has 0 radical (unpaired) electrons. The van der Waals surface area contributed by atoms with Crippen LogP contribution in [0.1, 0.15) is 23.2 Å². The van der Waals surface area contributed by atoms with Crippen LogP contribution in [0.5, 0.6) is 0 Å². The number of hydrogen-bond acceptors (Lipinski definition) is 4. The minimum atomic E-state index is -3.99. The third-order valence-electron chi connectivity index (χ3n) is 3.50. The maximum atomic E-state index is 14.0. The molecular weight excluding hydrogens is 299 g/mol. The molecule has 0 bridgehead atoms. The molecule has 2 rings (SSSR count). The van der Waals surface area contributed by atoms with Crippen LogP contribution in [-0.2, 0) is 14.8 Å². The van der Waals surface area contributed by atoms with Gasteiger partial charge in [-0.15, -0.1) is 0 Å². The molecule has 1 fully saturated rings. The predicted molar refractivity (Wildman–Crippen MR) is 73.7 cm³/mol. The highest BCUT2D eigenvalue weighted by Gasteiger charge is 2.26. The molecule has 116 valence electrons. The van der Waals surface area contributed by atoms with Crippen LogP contribution in [0.3, 0.4) is 0 Å². The minimum absolute atomic E-state index is 0.0607. The summed E-state index contributed by atoms with van der Waals surface area (Å²) in [6.07, 6.45) is 1.57. The monoisotopic (exact) mass is 316 g/mol. The van der Waals surface area contributed by atoms with E-state index < -0.39 is 21.7 Å². The Morgan fingerprint density at radius 3 is 2.76 bits per heavy atom. The van der Waals surface area contributed by atoms with Gasteiger partial charge in [-0.2, -0.15) is 0 Å². The summed E-state index contributed by atoms with van der Waals surface area (Å²) >= 11 is 0. The number of primary sulfonamides is 1. The first kappa shape index (κ1) is 15.9. The molecule has 2 N–H and O–H groups in total. The summed E-state index contributed by atoms with van der Waals surface area (Å²) in [6.45, 7) is 0.917. The van der Waals surface area contributed by atoms with Crippen LogP contribution < -0.4 is 5.14 Å². The number of nitrogens with two attached hydrogens (primary N) is 1. The van der Waals surface area contributed by atoms with E-state index in [-0.39, 0.29) is 16.6 Å². The molecule has 1 aliphatic rings. The number of nitrogens with zero attached hydrogens (tertiary/aromatic N) is 1. The SMILES string of the molecule is COC1CCCN(C(=O)c2ccc(S(N)(=O)=O)cc2F)C1. The molecule has 1 aromatic rings. The second-order valence-corrected chi connectivity index (χ2v) is 6.50. The van der Waals surface area contributed by atoms with E-state index in [9.17, 15) is 17.6 Å². The Kier molecular flexibility index (Phi) is 4.60. The lowest BCUT2D eigenvalue weighted by molar-refractivity contribution is 0.0266. The lowest BCUT2D eigenvalue weighted by Gasteiger charge is -2.32. The van der Waals surface area contributed by atoms with Gasteiger partial charge in [0.25, 0.3) is 5.91 Å². The summed E-state index contributed by atoms with van der Waals surface area (Å²) in [6, 6.07) is 3.04. The Labute approximate surface area is 122 Å². The third kappa shape index (κ3) is 3.58. The van der Waals surface area contributed by atoms with Crippen LogP contribution in [0.4, 0.5) is 4.39 Å². The molecule has 1 aliphatic heterocycles. The summed E-state index contributed by atoms with van der Waals surface area (Å²) in [5, 5.41) is 4.92. The summed E-state index contributed by atoms with van der Waals surface area (Å²) in [5.41, 5.74) is -0.167. The largest absolute Gasteiger partial charge is 0.380 e. The summed E-state index contributed by atoms with van der Waals surface area (Å²) in [5.74, 6) is -1.37. The number of sulfonamides is 1. The second kappa shape index (κ2) is 6.08. The predicted octanol–water partition coefficient (Wildman–Crippen LogP) is 0.724. The lowest BCUT2D eigenvalue weighted by atomic mass is 10.1. The molecule has 0 saturated carbocycles. The fourth-order valence-electron chi connectivity index (χ4n) is 2.33. The van der Waals surface area contributed by atoms with Crippen molar-refractivity contribution in [2.24, 2.45) is 5.14 Å². The molecule has 1 unspecified atom stereocenters. The zero-order valence-corrected chi connectivity index (χ0v) is 12.4. The van der Waals surface area contributed by atoms with E-state index in [1.165, 1.54) is 4.90 Å². The number of halogens is 1. The number of piperidine rings is 1. The first-order valence-corrected chi connectivity index (χ1v) is 8.02. The molecular formula is C13H17FN2O4S. The Hall–Kier alpha value is -1.51. The smallest absolute Gasteiger partial charge is 0.256 e. The molecule has 0 spiro atoms. The van der Waals surface area contributed by atoms with Crippen LogP contribution in [0.15, 0.2) is 23.1 Å². The van der Waals surface area contributed by atoms with Gasteiger partial charge in [-0.3, -0.25) is 4.79 Å². The molecule has 8 heteroatoms. The quantitative estimate of drug-likeness (QED) is 0.890. The van der Waals surface area contributed by atoms with Crippen molar-refractivity contribution in [3.8, 4) is 0 Å². The van der Waals surface area contributed by atoms with E-state index in [4.69, 9.17) is 9.88 Å². The number of amides is 1. The Morgan fingerprint density at radius 1 is 1.48 bits per heavy atom. The van der Waals surface area contributed by atoms with Gasteiger partial charge in [0.2, 0.25) is 10.0 Å². The summed E-state index contributed by atoms with van der Waals surface area (Å²) < 4.78 is 41.5. The number of carbonyl (C=O) groups is 1. The van der Waals surface area contributed by atoms with Crippen molar-refractivity contribution in [1.29, 1.82) is 0 Å². The first-order chi connectivity index (χ1) is 9.82. The molecule has 0 aromatic heterocycles. The molecule has 1 saturated heterocycles. The van der Waals surface area contributed by atoms with Crippen LogP contribution in [0.2, 0.25) is 0 Å². The third-order valence-corrected chi connectivity index (χ3v) is 4.41. The molecule has 1 amide bonds. The van der Waals surface area contributed by atoms with Crippen LogP contribution in [0.25, 0.3) is 0 Å². The fourth-order valence-corrected chi connectivity index (χ4v) is 2.86. The zero-order chi connectivity index (χ0) is 15.6. The maximum absolute atomic E-state index is 14.0. The van der Waals surface area contributed by atoms with Crippen molar-refractivity contribution in [3.63, 3.8) is 0 Å². The first-order valence-electron chi connectivity index (χ1n) is 6.47. The molecule has 1 heterocycles. The van der Waals surface area contributed by atoms with Gasteiger partial charge >= 0.3 is 0 Å². The van der Waals surface area contributed by atoms with Gasteiger partial charge in [-0.25, -0.2) is 17.9 Å². The topological polar surface area (TPSA) is 89.7 Å². The van der Waals surface area contributed by atoms with Crippen LogP contribution in [-0.4, -0.2) is 45.5 Å². The van der Waals surface area contributed by atoms with Crippen molar-refractivity contribution < 1.29 is 22.3 Å². The van der Waals surface area contributed by atoms with E-state index in [0.717, 1.165) is 31.0 Å². The molecule has 0 aliphatic carbocycles. The number of carbonyl (C=O) groups excluding carboxylic acids is 1. The molecule has 6 nitrogen and oxygen atoms in total. The molecule has 1 aromatic carbocycles. The molecule has 1 atom stereocenters. The van der Waals surface area contributed by atoms with Crippen LogP contribution in [0, 0.1) is 5.82 Å². The molecule has 21 heavy (non-hydrogen) atoms. The normalized spacial score (nSPS) is 19.6. The number of ether oxygens (including phenoxy) is 1. The number of hydrogen-bond donors (Lipinski definition) is 1. The van der Waals surface area contributed by atoms with Gasteiger partial charge in [0.05, 0.1) is 16.6 Å². The number of benzene rings is 1. The van der Waals surface area contributed by atoms with Crippen molar-refractivity contribution in [1.82, 2.24) is 4.90 Å². The second-order valence-electron chi connectivity index (χ2n) is 4.94. The van der Waals surface area contributed by atoms with Gasteiger partial charge in [0.15, 0.2) is 0 Å². The standard InChI is InChI=1S/C13H17FN2O4S/c1-20-9-3-2-6-16(8-9)13(17)11-5-4-10(7-12(11)14)21(15,18)19/h4-5,7,9H,2-3,6,8H2,1H3,(H2,15,18,19). The van der Waals surface area contributed by atoms with Gasteiger partial charge in [0.1, 0.15) is 5.82 Å². The zero-order valence-electron chi connectivity index (χ0n) is 11.6. The maximum Gasteiger partial charge on any atom is 0.256 e. The highest BCUT2D eigenvalue weighted by atomic mass is 32.2. The van der Waals surface area contributed by atoms with E-state index in [0.29, 0.717) is 13.1 Å². The van der Waals surface area contributed by atoms with Crippen molar-refractivity contribution in [3.05, 3.63) is 29.6 Å². The Morgan fingerprint density at radius 2 is 2.19 bits per heavy atom. The van der Waals surface area contributed by atoms with Crippen molar-refractivity contribution >= 4 is 15.9 Å². The van der Waals surface area contributed by atoms with Crippen LogP contribution >= 0.6 is 0 Å². The Balaban J connectivity index is 2.23. The van der Waals surface area contributed by atoms with Gasteiger partial charge in [0, 0.05) is 20.2 Å². The van der Waals surface area contributed by atoms with E-state index in [1.54, 1.807) is 7.11 Å². The average Bonchev–Trinajstić information content (AvgIpc) is 2.45. The minimum Gasteiger partial charge on any atom is -0.380 e. The van der Waals surface area contributed by atoms with Gasteiger partial charge in [-0.05, 0) is 31.0 Å². The van der Waals surface area contributed by atoms with E-state index >= 15 is 0 Å². The van der Waals surface area contributed by atoms with E-state index in [1.807, 2.05) is 0 Å². The highest BCUT2D eigenvalue weighted by molar-refractivity contribution is 7.89. The summed E-state index contributed by atoms with van der Waals surface area (Å²) in [7, 11) is -2.42.